The van der Waals surface area contributed by atoms with E-state index in [9.17, 15) is 13.6 Å². The quantitative estimate of drug-likeness (QED) is 0.720. The van der Waals surface area contributed by atoms with Gasteiger partial charge >= 0.3 is 0 Å². The van der Waals surface area contributed by atoms with Crippen molar-refractivity contribution in [2.75, 3.05) is 13.2 Å². The summed E-state index contributed by atoms with van der Waals surface area (Å²) in [5, 5.41) is 0. The molecule has 1 aromatic rings. The number of halogens is 2. The fourth-order valence-corrected chi connectivity index (χ4v) is 1.13. The Labute approximate surface area is 86.9 Å². The minimum absolute atomic E-state index is 0.181. The molecule has 0 bridgehead atoms. The summed E-state index contributed by atoms with van der Waals surface area (Å²) in [5.74, 6) is -2.62. The highest BCUT2D eigenvalue weighted by Crippen LogP contribution is 2.16. The molecule has 0 saturated heterocycles. The molecule has 0 N–H and O–H groups in total. The Balaban J connectivity index is 2.95. The van der Waals surface area contributed by atoms with Crippen LogP contribution in [0.25, 0.3) is 0 Å². The maximum Gasteiger partial charge on any atom is 0.191 e. The molecule has 82 valence electrons. The van der Waals surface area contributed by atoms with Gasteiger partial charge in [0.2, 0.25) is 0 Å². The van der Waals surface area contributed by atoms with Gasteiger partial charge in [0.15, 0.2) is 17.4 Å². The van der Waals surface area contributed by atoms with Crippen molar-refractivity contribution < 1.29 is 18.3 Å². The zero-order chi connectivity index (χ0) is 11.4. The first-order valence-electron chi connectivity index (χ1n) is 4.63. The van der Waals surface area contributed by atoms with Gasteiger partial charge in [0.1, 0.15) is 6.61 Å². The van der Waals surface area contributed by atoms with Crippen LogP contribution in [-0.2, 0) is 4.74 Å². The van der Waals surface area contributed by atoms with Gasteiger partial charge in [-0.3, -0.25) is 4.79 Å². The lowest BCUT2D eigenvalue weighted by Gasteiger charge is -2.05. The molecule has 0 spiro atoms. The molecule has 0 aliphatic rings. The number of rotatable bonds is 4. The lowest BCUT2D eigenvalue weighted by atomic mass is 10.1. The predicted molar refractivity (Wildman–Crippen MR) is 51.9 cm³/mol. The Morgan fingerprint density at radius 2 is 2.00 bits per heavy atom. The van der Waals surface area contributed by atoms with E-state index in [1.165, 1.54) is 19.1 Å². The van der Waals surface area contributed by atoms with Crippen LogP contribution in [0.3, 0.4) is 0 Å². The number of hydrogen-bond acceptors (Lipinski definition) is 2. The summed E-state index contributed by atoms with van der Waals surface area (Å²) >= 11 is 0. The van der Waals surface area contributed by atoms with Crippen LogP contribution in [0.4, 0.5) is 8.78 Å². The second-order valence-corrected chi connectivity index (χ2v) is 3.12. The second kappa shape index (κ2) is 4.98. The third kappa shape index (κ3) is 2.59. The smallest absolute Gasteiger partial charge is 0.191 e. The molecule has 0 fully saturated rings. The van der Waals surface area contributed by atoms with E-state index >= 15 is 0 Å². The average Bonchev–Trinajstić information content (AvgIpc) is 2.23. The van der Waals surface area contributed by atoms with Crippen molar-refractivity contribution in [3.8, 4) is 0 Å². The van der Waals surface area contributed by atoms with Gasteiger partial charge in [-0.25, -0.2) is 8.78 Å². The van der Waals surface area contributed by atoms with Crippen LogP contribution in [0.1, 0.15) is 22.8 Å². The third-order valence-corrected chi connectivity index (χ3v) is 2.01. The standard InChI is InChI=1S/C11H12F2O2/c1-3-15-6-9(14)8-5-4-7(2)10(12)11(8)13/h4-5H,3,6H2,1-2H3. The van der Waals surface area contributed by atoms with Crippen molar-refractivity contribution in [2.24, 2.45) is 0 Å². The normalized spacial score (nSPS) is 10.4. The Kier molecular flexibility index (Phi) is 3.91. The summed E-state index contributed by atoms with van der Waals surface area (Å²) in [6, 6.07) is 2.65. The van der Waals surface area contributed by atoms with E-state index in [-0.39, 0.29) is 17.7 Å². The van der Waals surface area contributed by atoms with E-state index in [1.54, 1.807) is 6.92 Å². The number of carbonyl (C=O) groups is 1. The molecule has 0 atom stereocenters. The molecule has 4 heteroatoms. The van der Waals surface area contributed by atoms with Crippen LogP contribution in [0.5, 0.6) is 0 Å². The average molecular weight is 214 g/mol. The van der Waals surface area contributed by atoms with Gasteiger partial charge in [-0.1, -0.05) is 6.07 Å². The van der Waals surface area contributed by atoms with Gasteiger partial charge in [0, 0.05) is 6.61 Å². The molecular weight excluding hydrogens is 202 g/mol. The minimum atomic E-state index is -1.10. The summed E-state index contributed by atoms with van der Waals surface area (Å²) < 4.78 is 31.2. The molecule has 0 amide bonds. The second-order valence-electron chi connectivity index (χ2n) is 3.12. The molecule has 1 aromatic carbocycles. The molecule has 0 unspecified atom stereocenters. The fourth-order valence-electron chi connectivity index (χ4n) is 1.13. The van der Waals surface area contributed by atoms with Gasteiger partial charge in [0.05, 0.1) is 5.56 Å². The summed E-state index contributed by atoms with van der Waals surface area (Å²) in [5.41, 5.74) is -0.0768. The minimum Gasteiger partial charge on any atom is -0.374 e. The number of ketones is 1. The molecule has 2 nitrogen and oxygen atoms in total. The maximum absolute atomic E-state index is 13.3. The summed E-state index contributed by atoms with van der Waals surface area (Å²) in [6.07, 6.45) is 0. The van der Waals surface area contributed by atoms with E-state index in [1.807, 2.05) is 0 Å². The Bertz CT molecular complexity index is 375. The summed E-state index contributed by atoms with van der Waals surface area (Å²) in [6.45, 7) is 3.30. The van der Waals surface area contributed by atoms with E-state index in [4.69, 9.17) is 4.74 Å². The lowest BCUT2D eigenvalue weighted by Crippen LogP contribution is -2.12. The van der Waals surface area contributed by atoms with Crippen molar-refractivity contribution >= 4 is 5.78 Å². The highest BCUT2D eigenvalue weighted by atomic mass is 19.2. The van der Waals surface area contributed by atoms with Gasteiger partial charge in [-0.15, -0.1) is 0 Å². The number of benzene rings is 1. The first kappa shape index (κ1) is 11.8. The van der Waals surface area contributed by atoms with Crippen LogP contribution in [0.15, 0.2) is 12.1 Å². The van der Waals surface area contributed by atoms with Gasteiger partial charge in [-0.05, 0) is 25.5 Å². The zero-order valence-corrected chi connectivity index (χ0v) is 8.64. The number of hydrogen-bond donors (Lipinski definition) is 0. The number of ether oxygens (including phenoxy) is 1. The highest BCUT2D eigenvalue weighted by molar-refractivity contribution is 5.97. The molecule has 0 aliphatic heterocycles. The Morgan fingerprint density at radius 3 is 2.60 bits per heavy atom. The predicted octanol–water partition coefficient (Wildman–Crippen LogP) is 2.49. The van der Waals surface area contributed by atoms with Crippen LogP contribution in [0.2, 0.25) is 0 Å². The lowest BCUT2D eigenvalue weighted by molar-refractivity contribution is 0.0778. The van der Waals surface area contributed by atoms with Gasteiger partial charge in [0.25, 0.3) is 0 Å². The molecule has 0 radical (unpaired) electrons. The van der Waals surface area contributed by atoms with Crippen LogP contribution >= 0.6 is 0 Å². The molecule has 0 aliphatic carbocycles. The van der Waals surface area contributed by atoms with Crippen LogP contribution in [0, 0.1) is 18.6 Å². The van der Waals surface area contributed by atoms with E-state index in [0.29, 0.717) is 6.61 Å². The third-order valence-electron chi connectivity index (χ3n) is 2.01. The van der Waals surface area contributed by atoms with E-state index in [2.05, 4.69) is 0 Å². The fraction of sp³-hybridized carbons (Fsp3) is 0.364. The van der Waals surface area contributed by atoms with Gasteiger partial charge < -0.3 is 4.74 Å². The Hall–Kier alpha value is -1.29. The first-order valence-corrected chi connectivity index (χ1v) is 4.63. The molecule has 0 aromatic heterocycles. The summed E-state index contributed by atoms with van der Waals surface area (Å²) in [4.78, 5) is 11.4. The maximum atomic E-state index is 13.3. The van der Waals surface area contributed by atoms with E-state index < -0.39 is 17.4 Å². The van der Waals surface area contributed by atoms with Crippen LogP contribution < -0.4 is 0 Å². The molecule has 0 heterocycles. The summed E-state index contributed by atoms with van der Waals surface area (Å²) in [7, 11) is 0. The molecule has 0 saturated carbocycles. The molecule has 1 rings (SSSR count). The molecule has 15 heavy (non-hydrogen) atoms. The van der Waals surface area contributed by atoms with Crippen molar-refractivity contribution in [3.05, 3.63) is 34.9 Å². The Morgan fingerprint density at radius 1 is 1.33 bits per heavy atom. The number of carbonyl (C=O) groups excluding carboxylic acids is 1. The van der Waals surface area contributed by atoms with Gasteiger partial charge in [-0.2, -0.15) is 0 Å². The largest absolute Gasteiger partial charge is 0.374 e. The monoisotopic (exact) mass is 214 g/mol. The zero-order valence-electron chi connectivity index (χ0n) is 8.64. The first-order chi connectivity index (χ1) is 7.07. The van der Waals surface area contributed by atoms with Crippen molar-refractivity contribution in [3.63, 3.8) is 0 Å². The topological polar surface area (TPSA) is 26.3 Å². The molecular formula is C11H12F2O2. The van der Waals surface area contributed by atoms with Crippen molar-refractivity contribution in [2.45, 2.75) is 13.8 Å². The van der Waals surface area contributed by atoms with Crippen molar-refractivity contribution in [1.82, 2.24) is 0 Å². The SMILES string of the molecule is CCOCC(=O)c1ccc(C)c(F)c1F. The van der Waals surface area contributed by atoms with Crippen molar-refractivity contribution in [1.29, 1.82) is 0 Å². The van der Waals surface area contributed by atoms with E-state index in [0.717, 1.165) is 0 Å². The highest BCUT2D eigenvalue weighted by Gasteiger charge is 2.16. The van der Waals surface area contributed by atoms with Crippen LogP contribution in [-0.4, -0.2) is 19.0 Å². The number of aryl methyl sites for hydroxylation is 1. The number of Topliss-reactive ketones (excluding diaryl/α,β-unsaturated/α-hetero) is 1.